The molecule has 0 spiro atoms. The highest BCUT2D eigenvalue weighted by atomic mass is 79.9. The van der Waals surface area contributed by atoms with Crippen molar-refractivity contribution < 1.29 is 9.53 Å². The third-order valence-electron chi connectivity index (χ3n) is 1.88. The van der Waals surface area contributed by atoms with E-state index in [0.717, 1.165) is 19.3 Å². The second-order valence-electron chi connectivity index (χ2n) is 3.31. The Morgan fingerprint density at radius 2 is 2.21 bits per heavy atom. The van der Waals surface area contributed by atoms with E-state index in [4.69, 9.17) is 4.74 Å². The molecule has 0 rings (SSSR count). The highest BCUT2D eigenvalue weighted by Crippen LogP contribution is 2.00. The summed E-state index contributed by atoms with van der Waals surface area (Å²) < 4.78 is 4.94. The van der Waals surface area contributed by atoms with E-state index in [0.29, 0.717) is 19.6 Å². The van der Waals surface area contributed by atoms with Crippen LogP contribution in [0.4, 0.5) is 0 Å². The molecule has 0 aromatic heterocycles. The standard InChI is InChI=1S/C10H20BrNO2/c1-3-4-5-6-10(13)12-7-9(11)8-14-2/h9H,3-8H2,1-2H3,(H,12,13). The van der Waals surface area contributed by atoms with E-state index >= 15 is 0 Å². The Hall–Kier alpha value is -0.0900. The van der Waals surface area contributed by atoms with E-state index in [1.807, 2.05) is 0 Å². The van der Waals surface area contributed by atoms with Crippen LogP contribution in [0, 0.1) is 0 Å². The minimum absolute atomic E-state index is 0.138. The Labute approximate surface area is 94.7 Å². The summed E-state index contributed by atoms with van der Waals surface area (Å²) in [6.07, 6.45) is 3.90. The van der Waals surface area contributed by atoms with Gasteiger partial charge in [0.25, 0.3) is 0 Å². The van der Waals surface area contributed by atoms with Gasteiger partial charge in [-0.2, -0.15) is 0 Å². The second-order valence-corrected chi connectivity index (χ2v) is 4.61. The van der Waals surface area contributed by atoms with E-state index in [9.17, 15) is 4.79 Å². The average molecular weight is 266 g/mol. The molecular formula is C10H20BrNO2. The van der Waals surface area contributed by atoms with E-state index in [2.05, 4.69) is 28.2 Å². The van der Waals surface area contributed by atoms with Crippen molar-refractivity contribution in [2.24, 2.45) is 0 Å². The zero-order valence-electron chi connectivity index (χ0n) is 9.01. The number of alkyl halides is 1. The van der Waals surface area contributed by atoms with Crippen molar-refractivity contribution in [2.75, 3.05) is 20.3 Å². The van der Waals surface area contributed by atoms with Crippen LogP contribution in [-0.2, 0) is 9.53 Å². The number of nitrogens with one attached hydrogen (secondary N) is 1. The number of methoxy groups -OCH3 is 1. The lowest BCUT2D eigenvalue weighted by atomic mass is 10.2. The number of carbonyl (C=O) groups is 1. The predicted octanol–water partition coefficient (Wildman–Crippen LogP) is 2.09. The normalized spacial score (nSPS) is 12.5. The van der Waals surface area contributed by atoms with Gasteiger partial charge in [-0.3, -0.25) is 4.79 Å². The largest absolute Gasteiger partial charge is 0.383 e. The van der Waals surface area contributed by atoms with Crippen LogP contribution in [-0.4, -0.2) is 31.0 Å². The van der Waals surface area contributed by atoms with Gasteiger partial charge in [0.2, 0.25) is 5.91 Å². The summed E-state index contributed by atoms with van der Waals surface area (Å²) in [6, 6.07) is 0. The first-order valence-corrected chi connectivity index (χ1v) is 6.02. The maximum atomic E-state index is 11.3. The molecule has 0 saturated carbocycles. The van der Waals surface area contributed by atoms with Crippen LogP contribution in [0.15, 0.2) is 0 Å². The molecule has 0 aromatic carbocycles. The molecule has 0 saturated heterocycles. The van der Waals surface area contributed by atoms with Gasteiger partial charge in [-0.25, -0.2) is 0 Å². The Morgan fingerprint density at radius 3 is 2.79 bits per heavy atom. The molecule has 1 amide bonds. The summed E-state index contributed by atoms with van der Waals surface area (Å²) in [5.74, 6) is 0.138. The SMILES string of the molecule is CCCCCC(=O)NCC(Br)COC. The summed E-state index contributed by atoms with van der Waals surface area (Å²) in [7, 11) is 1.65. The first-order valence-electron chi connectivity index (χ1n) is 5.10. The molecule has 0 aliphatic carbocycles. The molecular weight excluding hydrogens is 246 g/mol. The lowest BCUT2D eigenvalue weighted by Crippen LogP contribution is -2.31. The van der Waals surface area contributed by atoms with Crippen molar-refractivity contribution in [3.05, 3.63) is 0 Å². The van der Waals surface area contributed by atoms with E-state index in [-0.39, 0.29) is 10.7 Å². The molecule has 0 aliphatic heterocycles. The quantitative estimate of drug-likeness (QED) is 0.539. The molecule has 84 valence electrons. The van der Waals surface area contributed by atoms with Gasteiger partial charge in [0.15, 0.2) is 0 Å². The zero-order valence-corrected chi connectivity index (χ0v) is 10.6. The summed E-state index contributed by atoms with van der Waals surface area (Å²) >= 11 is 3.41. The van der Waals surface area contributed by atoms with Crippen molar-refractivity contribution in [3.63, 3.8) is 0 Å². The number of unbranched alkanes of at least 4 members (excludes halogenated alkanes) is 2. The smallest absolute Gasteiger partial charge is 0.220 e. The minimum Gasteiger partial charge on any atom is -0.383 e. The van der Waals surface area contributed by atoms with Gasteiger partial charge in [0, 0.05) is 20.1 Å². The molecule has 1 unspecified atom stereocenters. The molecule has 3 nitrogen and oxygen atoms in total. The van der Waals surface area contributed by atoms with Gasteiger partial charge in [-0.1, -0.05) is 35.7 Å². The van der Waals surface area contributed by atoms with Gasteiger partial charge in [0.1, 0.15) is 0 Å². The van der Waals surface area contributed by atoms with Gasteiger partial charge in [0.05, 0.1) is 11.4 Å². The fourth-order valence-corrected chi connectivity index (χ4v) is 1.51. The number of ether oxygens (including phenoxy) is 1. The van der Waals surface area contributed by atoms with Crippen LogP contribution in [0.2, 0.25) is 0 Å². The molecule has 1 atom stereocenters. The summed E-state index contributed by atoms with van der Waals surface area (Å²) in [6.45, 7) is 3.39. The Kier molecular flexibility index (Phi) is 9.40. The molecule has 14 heavy (non-hydrogen) atoms. The van der Waals surface area contributed by atoms with Crippen LogP contribution in [0.5, 0.6) is 0 Å². The molecule has 0 fully saturated rings. The molecule has 1 N–H and O–H groups in total. The molecule has 4 heteroatoms. The fourth-order valence-electron chi connectivity index (χ4n) is 1.09. The number of amides is 1. The maximum Gasteiger partial charge on any atom is 0.220 e. The molecule has 0 bridgehead atoms. The third kappa shape index (κ3) is 8.51. The van der Waals surface area contributed by atoms with Crippen LogP contribution in [0.3, 0.4) is 0 Å². The lowest BCUT2D eigenvalue weighted by molar-refractivity contribution is -0.121. The summed E-state index contributed by atoms with van der Waals surface area (Å²) in [5, 5.41) is 2.86. The number of halogens is 1. The number of hydrogen-bond donors (Lipinski definition) is 1. The van der Waals surface area contributed by atoms with Gasteiger partial charge in [-0.15, -0.1) is 0 Å². The third-order valence-corrected chi connectivity index (χ3v) is 2.46. The van der Waals surface area contributed by atoms with Crippen molar-refractivity contribution in [2.45, 2.75) is 37.4 Å². The van der Waals surface area contributed by atoms with Crippen molar-refractivity contribution in [3.8, 4) is 0 Å². The zero-order chi connectivity index (χ0) is 10.8. The summed E-state index contributed by atoms with van der Waals surface area (Å²) in [4.78, 5) is 11.5. The van der Waals surface area contributed by atoms with Gasteiger partial charge < -0.3 is 10.1 Å². The van der Waals surface area contributed by atoms with Crippen LogP contribution in [0.25, 0.3) is 0 Å². The Morgan fingerprint density at radius 1 is 1.50 bits per heavy atom. The predicted molar refractivity (Wildman–Crippen MR) is 61.7 cm³/mol. The maximum absolute atomic E-state index is 11.3. The van der Waals surface area contributed by atoms with Gasteiger partial charge in [-0.05, 0) is 6.42 Å². The number of carbonyl (C=O) groups excluding carboxylic acids is 1. The molecule has 0 heterocycles. The molecule has 0 radical (unpaired) electrons. The average Bonchev–Trinajstić information content (AvgIpc) is 2.16. The second kappa shape index (κ2) is 9.46. The number of rotatable bonds is 8. The van der Waals surface area contributed by atoms with Crippen LogP contribution >= 0.6 is 15.9 Å². The van der Waals surface area contributed by atoms with E-state index in [1.165, 1.54) is 0 Å². The van der Waals surface area contributed by atoms with E-state index in [1.54, 1.807) is 7.11 Å². The monoisotopic (exact) mass is 265 g/mol. The summed E-state index contributed by atoms with van der Waals surface area (Å²) in [5.41, 5.74) is 0. The Bertz CT molecular complexity index is 153. The molecule has 0 aromatic rings. The van der Waals surface area contributed by atoms with E-state index < -0.39 is 0 Å². The van der Waals surface area contributed by atoms with Crippen molar-refractivity contribution >= 4 is 21.8 Å². The first kappa shape index (κ1) is 13.9. The fraction of sp³-hybridized carbons (Fsp3) is 0.900. The number of hydrogen-bond acceptors (Lipinski definition) is 2. The van der Waals surface area contributed by atoms with Crippen molar-refractivity contribution in [1.82, 2.24) is 5.32 Å². The highest BCUT2D eigenvalue weighted by Gasteiger charge is 2.05. The topological polar surface area (TPSA) is 38.3 Å². The lowest BCUT2D eigenvalue weighted by Gasteiger charge is -2.09. The van der Waals surface area contributed by atoms with Gasteiger partial charge >= 0.3 is 0 Å². The van der Waals surface area contributed by atoms with Crippen molar-refractivity contribution in [1.29, 1.82) is 0 Å². The van der Waals surface area contributed by atoms with Crippen LogP contribution < -0.4 is 5.32 Å². The Balaban J connectivity index is 3.34. The first-order chi connectivity index (χ1) is 6.70. The molecule has 0 aliphatic rings. The van der Waals surface area contributed by atoms with Crippen LogP contribution in [0.1, 0.15) is 32.6 Å². The highest BCUT2D eigenvalue weighted by molar-refractivity contribution is 9.09. The minimum atomic E-state index is 0.138.